The molecule has 0 saturated carbocycles. The Morgan fingerprint density at radius 2 is 1.95 bits per heavy atom. The molecule has 0 aromatic heterocycles. The minimum Gasteiger partial charge on any atom is -0.465 e. The summed E-state index contributed by atoms with van der Waals surface area (Å²) in [4.78, 5) is 44.9. The smallest absolute Gasteiger partial charge is 0.312 e. The lowest BCUT2D eigenvalue weighted by atomic mass is 9.70. The van der Waals surface area contributed by atoms with E-state index in [1.165, 1.54) is 4.90 Å². The number of amides is 2. The number of aliphatic hydroxyl groups excluding tert-OH is 1. The number of allylic oxidation sites excluding steroid dienone is 1. The highest BCUT2D eigenvalue weighted by atomic mass is 16.6. The van der Waals surface area contributed by atoms with Gasteiger partial charge >= 0.3 is 5.97 Å². The van der Waals surface area contributed by atoms with Gasteiger partial charge in [-0.2, -0.15) is 0 Å². The first-order valence-electron chi connectivity index (χ1n) is 13.6. The van der Waals surface area contributed by atoms with Gasteiger partial charge in [0.25, 0.3) is 0 Å². The van der Waals surface area contributed by atoms with Gasteiger partial charge in [-0.05, 0) is 58.3 Å². The van der Waals surface area contributed by atoms with Crippen molar-refractivity contribution < 1.29 is 29.0 Å². The van der Waals surface area contributed by atoms with Crippen molar-refractivity contribution in [2.75, 3.05) is 19.8 Å². The first-order valence-corrected chi connectivity index (χ1v) is 13.6. The Labute approximate surface area is 222 Å². The predicted molar refractivity (Wildman–Crippen MR) is 141 cm³/mol. The van der Waals surface area contributed by atoms with Gasteiger partial charge in [0.2, 0.25) is 11.8 Å². The summed E-state index contributed by atoms with van der Waals surface area (Å²) in [7, 11) is 0. The quantitative estimate of drug-likeness (QED) is 0.241. The molecule has 1 N–H and O–H groups in total. The van der Waals surface area contributed by atoms with Crippen LogP contribution in [0.15, 0.2) is 25.3 Å². The lowest BCUT2D eigenvalue weighted by molar-refractivity contribution is -0.157. The average Bonchev–Trinajstić information content (AvgIpc) is 3.45. The van der Waals surface area contributed by atoms with Gasteiger partial charge in [0.1, 0.15) is 11.6 Å². The number of rotatable bonds is 12. The number of fused-ring (bicyclic) bond motifs is 1. The molecule has 37 heavy (non-hydrogen) atoms. The molecule has 8 nitrogen and oxygen atoms in total. The van der Waals surface area contributed by atoms with Crippen LogP contribution in [0.4, 0.5) is 0 Å². The van der Waals surface area contributed by atoms with Crippen molar-refractivity contribution in [3.63, 3.8) is 0 Å². The second-order valence-electron chi connectivity index (χ2n) is 12.7. The van der Waals surface area contributed by atoms with Crippen LogP contribution in [0, 0.1) is 17.3 Å². The van der Waals surface area contributed by atoms with Crippen molar-refractivity contribution >= 4 is 17.8 Å². The lowest BCUT2D eigenvalue weighted by Gasteiger charge is -2.46. The Morgan fingerprint density at radius 1 is 1.27 bits per heavy atom. The fourth-order valence-corrected chi connectivity index (χ4v) is 7.00. The van der Waals surface area contributed by atoms with Crippen molar-refractivity contribution in [3.8, 4) is 0 Å². The summed E-state index contributed by atoms with van der Waals surface area (Å²) >= 11 is 0. The second-order valence-corrected chi connectivity index (χ2v) is 12.7. The molecule has 3 heterocycles. The molecule has 0 radical (unpaired) electrons. The third kappa shape index (κ3) is 5.37. The molecular weight excluding hydrogens is 472 g/mol. The van der Waals surface area contributed by atoms with Gasteiger partial charge in [0, 0.05) is 12.1 Å². The fourth-order valence-electron chi connectivity index (χ4n) is 7.00. The van der Waals surface area contributed by atoms with E-state index < -0.39 is 47.1 Å². The van der Waals surface area contributed by atoms with Gasteiger partial charge in [-0.1, -0.05) is 32.9 Å². The van der Waals surface area contributed by atoms with E-state index in [9.17, 15) is 19.5 Å². The summed E-state index contributed by atoms with van der Waals surface area (Å²) in [5.41, 5.74) is -1.70. The average molecular weight is 519 g/mol. The third-order valence-corrected chi connectivity index (χ3v) is 8.05. The van der Waals surface area contributed by atoms with Crippen molar-refractivity contribution in [2.45, 2.75) is 103 Å². The number of carbonyl (C=O) groups is 3. The highest BCUT2D eigenvalue weighted by molar-refractivity contribution is 5.98. The van der Waals surface area contributed by atoms with Crippen molar-refractivity contribution in [3.05, 3.63) is 25.3 Å². The summed E-state index contributed by atoms with van der Waals surface area (Å²) in [5.74, 6) is -2.56. The number of likely N-dealkylation sites (tertiary alicyclic amines) is 1. The largest absolute Gasteiger partial charge is 0.465 e. The fraction of sp³-hybridized carbons (Fsp3) is 0.759. The molecule has 8 heteroatoms. The molecule has 0 aromatic rings. The second kappa shape index (κ2) is 10.9. The molecular formula is C29H46N2O6. The van der Waals surface area contributed by atoms with Gasteiger partial charge in [-0.25, -0.2) is 0 Å². The topological polar surface area (TPSA) is 96.4 Å². The van der Waals surface area contributed by atoms with Crippen molar-refractivity contribution in [1.82, 2.24) is 9.80 Å². The number of hydrogen-bond donors (Lipinski definition) is 1. The van der Waals surface area contributed by atoms with E-state index in [1.807, 2.05) is 13.8 Å². The Morgan fingerprint density at radius 3 is 2.51 bits per heavy atom. The maximum absolute atomic E-state index is 14.5. The zero-order chi connectivity index (χ0) is 27.8. The summed E-state index contributed by atoms with van der Waals surface area (Å²) in [6, 6.07) is -1.54. The maximum atomic E-state index is 14.5. The predicted octanol–water partition coefficient (Wildman–Crippen LogP) is 3.48. The van der Waals surface area contributed by atoms with E-state index in [1.54, 1.807) is 24.0 Å². The molecule has 3 saturated heterocycles. The minimum atomic E-state index is -1.12. The van der Waals surface area contributed by atoms with Gasteiger partial charge in [0.15, 0.2) is 0 Å². The van der Waals surface area contributed by atoms with E-state index in [0.29, 0.717) is 25.8 Å². The molecule has 3 aliphatic heterocycles. The van der Waals surface area contributed by atoms with Gasteiger partial charge in [0.05, 0.1) is 37.2 Å². The van der Waals surface area contributed by atoms with Crippen LogP contribution in [0.5, 0.6) is 0 Å². The molecule has 2 unspecified atom stereocenters. The van der Waals surface area contributed by atoms with Gasteiger partial charge < -0.3 is 24.4 Å². The highest BCUT2D eigenvalue weighted by Gasteiger charge is 2.75. The number of hydrogen-bond acceptors (Lipinski definition) is 6. The van der Waals surface area contributed by atoms with E-state index in [-0.39, 0.29) is 30.4 Å². The van der Waals surface area contributed by atoms with E-state index in [0.717, 1.165) is 12.8 Å². The van der Waals surface area contributed by atoms with Crippen LogP contribution in [0.3, 0.4) is 0 Å². The molecule has 3 rings (SSSR count). The summed E-state index contributed by atoms with van der Waals surface area (Å²) in [6.45, 7) is 20.0. The van der Waals surface area contributed by atoms with Crippen LogP contribution in [0.2, 0.25) is 0 Å². The van der Waals surface area contributed by atoms with E-state index in [4.69, 9.17) is 9.47 Å². The number of unbranched alkanes of at least 4 members (excludes halogenated alkanes) is 1. The van der Waals surface area contributed by atoms with Gasteiger partial charge in [-0.15, -0.1) is 13.2 Å². The van der Waals surface area contributed by atoms with E-state index in [2.05, 4.69) is 33.9 Å². The van der Waals surface area contributed by atoms with Crippen LogP contribution >= 0.6 is 0 Å². The number of aliphatic hydroxyl groups is 1. The number of carbonyl (C=O) groups excluding carboxylic acids is 3. The molecule has 2 bridgehead atoms. The molecule has 1 spiro atoms. The SMILES string of the molecule is C=CCCCOC(=O)[C@@H]1[C@H]2C(=O)N([C@H](C)CO)C(C(=O)N(CC=C)C(C)(C)CC(C)(C)C)C23CC[C@H]1O3. The van der Waals surface area contributed by atoms with Crippen LogP contribution in [0.1, 0.15) is 73.6 Å². The van der Waals surface area contributed by atoms with Crippen LogP contribution in [0.25, 0.3) is 0 Å². The van der Waals surface area contributed by atoms with Crippen LogP contribution in [-0.4, -0.2) is 81.8 Å². The Bertz CT molecular complexity index is 909. The molecule has 3 fully saturated rings. The molecule has 0 aliphatic carbocycles. The molecule has 0 aromatic carbocycles. The Balaban J connectivity index is 2.01. The molecule has 2 amide bonds. The zero-order valence-corrected chi connectivity index (χ0v) is 23.5. The Hall–Kier alpha value is -2.19. The third-order valence-electron chi connectivity index (χ3n) is 8.05. The first kappa shape index (κ1) is 29.4. The zero-order valence-electron chi connectivity index (χ0n) is 23.5. The Kier molecular flexibility index (Phi) is 8.64. The highest BCUT2D eigenvalue weighted by Crippen LogP contribution is 2.59. The molecule has 3 aliphatic rings. The number of nitrogens with zero attached hydrogens (tertiary/aromatic N) is 2. The van der Waals surface area contributed by atoms with Crippen molar-refractivity contribution in [1.29, 1.82) is 0 Å². The standard InChI is InChI=1S/C29H46N2O6/c1-9-11-12-16-36-26(35)21-20-13-14-29(37-20)22(21)24(33)31(19(3)17-32)23(29)25(34)30(15-10-2)28(7,8)18-27(4,5)6/h9-10,19-23,32H,1-2,11-18H2,3-8H3/t19-,20-,21+,22+,23?,29?/m1/s1. The summed E-state index contributed by atoms with van der Waals surface area (Å²) in [5, 5.41) is 10.1. The van der Waals surface area contributed by atoms with E-state index >= 15 is 0 Å². The normalized spacial score (nSPS) is 29.7. The number of esters is 1. The van der Waals surface area contributed by atoms with Crippen LogP contribution < -0.4 is 0 Å². The summed E-state index contributed by atoms with van der Waals surface area (Å²) < 4.78 is 12.0. The minimum absolute atomic E-state index is 0.0453. The molecule has 6 atom stereocenters. The van der Waals surface area contributed by atoms with Gasteiger partial charge in [-0.3, -0.25) is 14.4 Å². The monoisotopic (exact) mass is 518 g/mol. The molecule has 208 valence electrons. The summed E-state index contributed by atoms with van der Waals surface area (Å²) in [6.07, 6.45) is 6.20. The van der Waals surface area contributed by atoms with Crippen molar-refractivity contribution in [2.24, 2.45) is 17.3 Å². The lowest BCUT2D eigenvalue weighted by Crippen LogP contribution is -2.62. The van der Waals surface area contributed by atoms with Crippen LogP contribution in [-0.2, 0) is 23.9 Å². The maximum Gasteiger partial charge on any atom is 0.312 e. The number of ether oxygens (including phenoxy) is 2. The first-order chi connectivity index (χ1) is 17.3.